The van der Waals surface area contributed by atoms with Crippen LogP contribution in [0.4, 0.5) is 0 Å². The van der Waals surface area contributed by atoms with Crippen LogP contribution in [0.2, 0.25) is 0 Å². The van der Waals surface area contributed by atoms with Gasteiger partial charge in [0.15, 0.2) is 0 Å². The summed E-state index contributed by atoms with van der Waals surface area (Å²) < 4.78 is 0. The summed E-state index contributed by atoms with van der Waals surface area (Å²) in [5, 5.41) is 15.9. The Morgan fingerprint density at radius 2 is 1.15 bits per heavy atom. The Morgan fingerprint density at radius 1 is 0.706 bits per heavy atom. The van der Waals surface area contributed by atoms with Gasteiger partial charge in [0.2, 0.25) is 11.8 Å². The molecule has 0 spiro atoms. The van der Waals surface area contributed by atoms with Gasteiger partial charge in [0.05, 0.1) is 12.5 Å². The third-order valence-corrected chi connectivity index (χ3v) is 6.80. The number of hydrogen-bond donors (Lipinski definition) is 3. The standard InChI is InChI=1S/C29H40N2O3/c32-22-26(28(33)30-25-20-14-6-4-2-1-3-5-7-15-21-25)31-29(34)27(23-16-10-8-11-17-23)24-18-12-9-13-19-24/h8-13,16-19,25-27,32H,1-7,14-15,20-22H2,(H,30,33)(H,31,34)/t26-/m0/s1. The first-order chi connectivity index (χ1) is 16.7. The Balaban J connectivity index is 1.65. The molecule has 0 bridgehead atoms. The summed E-state index contributed by atoms with van der Waals surface area (Å²) in [7, 11) is 0. The Labute approximate surface area is 204 Å². The van der Waals surface area contributed by atoms with Crippen molar-refractivity contribution in [3.05, 3.63) is 71.8 Å². The molecular formula is C29H40N2O3. The Kier molecular flexibility index (Phi) is 11.1. The summed E-state index contributed by atoms with van der Waals surface area (Å²) >= 11 is 0. The molecule has 184 valence electrons. The summed E-state index contributed by atoms with van der Waals surface area (Å²) in [5.74, 6) is -1.14. The minimum absolute atomic E-state index is 0.0944. The van der Waals surface area contributed by atoms with Crippen molar-refractivity contribution in [3.8, 4) is 0 Å². The van der Waals surface area contributed by atoms with E-state index in [1.165, 1.54) is 44.9 Å². The lowest BCUT2D eigenvalue weighted by Gasteiger charge is -2.25. The molecule has 0 unspecified atom stereocenters. The Bertz CT molecular complexity index is 805. The van der Waals surface area contributed by atoms with Gasteiger partial charge < -0.3 is 15.7 Å². The summed E-state index contributed by atoms with van der Waals surface area (Å²) in [6, 6.07) is 18.2. The predicted molar refractivity (Wildman–Crippen MR) is 136 cm³/mol. The highest BCUT2D eigenvalue weighted by Gasteiger charge is 2.28. The van der Waals surface area contributed by atoms with Gasteiger partial charge in [0, 0.05) is 6.04 Å². The third-order valence-electron chi connectivity index (χ3n) is 6.80. The predicted octanol–water partition coefficient (Wildman–Crippen LogP) is 5.09. The molecule has 1 saturated carbocycles. The van der Waals surface area contributed by atoms with Crippen LogP contribution in [0.25, 0.3) is 0 Å². The molecule has 0 aromatic heterocycles. The van der Waals surface area contributed by atoms with E-state index in [1.807, 2.05) is 60.7 Å². The number of benzene rings is 2. The van der Waals surface area contributed by atoms with Crippen molar-refractivity contribution in [2.24, 2.45) is 0 Å². The van der Waals surface area contributed by atoms with Crippen molar-refractivity contribution in [2.75, 3.05) is 6.61 Å². The van der Waals surface area contributed by atoms with Gasteiger partial charge in [-0.3, -0.25) is 9.59 Å². The Morgan fingerprint density at radius 3 is 1.59 bits per heavy atom. The van der Waals surface area contributed by atoms with Gasteiger partial charge in [-0.2, -0.15) is 0 Å². The first-order valence-electron chi connectivity index (χ1n) is 13.0. The third kappa shape index (κ3) is 8.28. The molecule has 1 aliphatic carbocycles. The van der Waals surface area contributed by atoms with E-state index in [0.29, 0.717) is 0 Å². The van der Waals surface area contributed by atoms with E-state index in [9.17, 15) is 14.7 Å². The molecule has 0 aliphatic heterocycles. The molecule has 2 aromatic carbocycles. The molecule has 34 heavy (non-hydrogen) atoms. The second-order valence-corrected chi connectivity index (χ2v) is 9.46. The number of amides is 2. The summed E-state index contributed by atoms with van der Waals surface area (Å²) in [4.78, 5) is 26.4. The fourth-order valence-corrected chi connectivity index (χ4v) is 4.84. The molecule has 0 radical (unpaired) electrons. The highest BCUT2D eigenvalue weighted by atomic mass is 16.3. The van der Waals surface area contributed by atoms with Crippen LogP contribution in [-0.4, -0.2) is 35.6 Å². The van der Waals surface area contributed by atoms with Crippen molar-refractivity contribution in [1.82, 2.24) is 10.6 Å². The van der Waals surface area contributed by atoms with Crippen molar-refractivity contribution < 1.29 is 14.7 Å². The zero-order valence-corrected chi connectivity index (χ0v) is 20.3. The van der Waals surface area contributed by atoms with Crippen LogP contribution in [0, 0.1) is 0 Å². The Hall–Kier alpha value is -2.66. The average Bonchev–Trinajstić information content (AvgIpc) is 2.85. The van der Waals surface area contributed by atoms with E-state index in [1.54, 1.807) is 0 Å². The van der Waals surface area contributed by atoms with Crippen molar-refractivity contribution >= 4 is 11.8 Å². The molecule has 1 fully saturated rings. The van der Waals surface area contributed by atoms with Crippen LogP contribution < -0.4 is 10.6 Å². The first-order valence-corrected chi connectivity index (χ1v) is 13.0. The normalized spacial score (nSPS) is 17.2. The highest BCUT2D eigenvalue weighted by Crippen LogP contribution is 2.25. The molecule has 2 amide bonds. The zero-order valence-electron chi connectivity index (χ0n) is 20.3. The largest absolute Gasteiger partial charge is 0.394 e. The average molecular weight is 465 g/mol. The monoisotopic (exact) mass is 464 g/mol. The van der Waals surface area contributed by atoms with Crippen LogP contribution in [0.3, 0.4) is 0 Å². The van der Waals surface area contributed by atoms with E-state index in [-0.39, 0.29) is 17.9 Å². The minimum atomic E-state index is -0.969. The van der Waals surface area contributed by atoms with Gasteiger partial charge in [-0.15, -0.1) is 0 Å². The highest BCUT2D eigenvalue weighted by molar-refractivity contribution is 5.92. The number of aliphatic hydroxyl groups excluding tert-OH is 1. The van der Waals surface area contributed by atoms with Crippen LogP contribution in [0.15, 0.2) is 60.7 Å². The zero-order chi connectivity index (χ0) is 24.0. The number of aliphatic hydroxyl groups is 1. The molecule has 3 N–H and O–H groups in total. The van der Waals surface area contributed by atoms with Gasteiger partial charge in [-0.05, 0) is 24.0 Å². The summed E-state index contributed by atoms with van der Waals surface area (Å²) in [5.41, 5.74) is 1.70. The first kappa shape index (κ1) is 26.0. The van der Waals surface area contributed by atoms with E-state index in [0.717, 1.165) is 36.8 Å². The summed E-state index contributed by atoms with van der Waals surface area (Å²) in [6.07, 6.45) is 13.0. The van der Waals surface area contributed by atoms with Gasteiger partial charge in [0.25, 0.3) is 0 Å². The van der Waals surface area contributed by atoms with E-state index < -0.39 is 18.6 Å². The molecular weight excluding hydrogens is 424 g/mol. The van der Waals surface area contributed by atoms with E-state index in [4.69, 9.17) is 0 Å². The molecule has 2 aromatic rings. The number of carbonyl (C=O) groups excluding carboxylic acids is 2. The van der Waals surface area contributed by atoms with Gasteiger partial charge in [0.1, 0.15) is 6.04 Å². The number of rotatable bonds is 7. The lowest BCUT2D eigenvalue weighted by Crippen LogP contribution is -2.52. The van der Waals surface area contributed by atoms with Crippen molar-refractivity contribution in [2.45, 2.75) is 88.6 Å². The number of nitrogens with one attached hydrogen (secondary N) is 2. The minimum Gasteiger partial charge on any atom is -0.394 e. The molecule has 0 saturated heterocycles. The second-order valence-electron chi connectivity index (χ2n) is 9.46. The number of carbonyl (C=O) groups is 2. The van der Waals surface area contributed by atoms with E-state index >= 15 is 0 Å². The van der Waals surface area contributed by atoms with Crippen LogP contribution in [-0.2, 0) is 9.59 Å². The smallest absolute Gasteiger partial charge is 0.245 e. The maximum absolute atomic E-state index is 13.4. The molecule has 1 atom stereocenters. The lowest BCUT2D eigenvalue weighted by atomic mass is 9.90. The molecule has 0 heterocycles. The second kappa shape index (κ2) is 14.6. The van der Waals surface area contributed by atoms with Crippen LogP contribution >= 0.6 is 0 Å². The molecule has 5 heteroatoms. The van der Waals surface area contributed by atoms with E-state index in [2.05, 4.69) is 10.6 Å². The van der Waals surface area contributed by atoms with Gasteiger partial charge in [-0.1, -0.05) is 118 Å². The fourth-order valence-electron chi connectivity index (χ4n) is 4.84. The van der Waals surface area contributed by atoms with Crippen LogP contribution in [0.1, 0.15) is 87.7 Å². The maximum atomic E-state index is 13.4. The topological polar surface area (TPSA) is 78.4 Å². The fraction of sp³-hybridized carbons (Fsp3) is 0.517. The molecule has 1 aliphatic rings. The van der Waals surface area contributed by atoms with Crippen LogP contribution in [0.5, 0.6) is 0 Å². The van der Waals surface area contributed by atoms with Gasteiger partial charge >= 0.3 is 0 Å². The SMILES string of the molecule is O=C(N[C@@H](CO)C(=O)NC1CCCCCCCCCCC1)C(c1ccccc1)c1ccccc1. The maximum Gasteiger partial charge on any atom is 0.245 e. The molecule has 5 nitrogen and oxygen atoms in total. The van der Waals surface area contributed by atoms with Crippen molar-refractivity contribution in [1.29, 1.82) is 0 Å². The quantitative estimate of drug-likeness (QED) is 0.534. The summed E-state index contributed by atoms with van der Waals surface area (Å²) in [6.45, 7) is -0.430. The molecule has 3 rings (SSSR count). The van der Waals surface area contributed by atoms with Gasteiger partial charge in [-0.25, -0.2) is 0 Å². The van der Waals surface area contributed by atoms with Crippen molar-refractivity contribution in [3.63, 3.8) is 0 Å². The lowest BCUT2D eigenvalue weighted by molar-refractivity contribution is -0.130. The number of hydrogen-bond acceptors (Lipinski definition) is 3.